The van der Waals surface area contributed by atoms with Gasteiger partial charge in [0.25, 0.3) is 0 Å². The third kappa shape index (κ3) is 3.59. The largest absolute Gasteiger partial charge is 0.487 e. The van der Waals surface area contributed by atoms with Crippen LogP contribution in [0.1, 0.15) is 12.0 Å². The number of likely N-dealkylation sites (N-methyl/N-ethyl adjacent to an activating group) is 1. The van der Waals surface area contributed by atoms with Crippen LogP contribution in [0.3, 0.4) is 0 Å². The van der Waals surface area contributed by atoms with Gasteiger partial charge in [0, 0.05) is 19.6 Å². The number of benzene rings is 1. The van der Waals surface area contributed by atoms with Gasteiger partial charge in [-0.2, -0.15) is 5.48 Å². The van der Waals surface area contributed by atoms with Crippen LogP contribution in [0.15, 0.2) is 18.2 Å². The van der Waals surface area contributed by atoms with E-state index in [1.165, 1.54) is 0 Å². The van der Waals surface area contributed by atoms with Crippen molar-refractivity contribution in [3.05, 3.63) is 28.8 Å². The molecule has 1 aromatic rings. The number of halogens is 1. The van der Waals surface area contributed by atoms with E-state index in [9.17, 15) is 0 Å². The molecule has 0 saturated carbocycles. The molecule has 0 amide bonds. The fourth-order valence-electron chi connectivity index (χ4n) is 2.08. The van der Waals surface area contributed by atoms with Gasteiger partial charge >= 0.3 is 0 Å². The third-order valence-corrected chi connectivity index (χ3v) is 3.35. The first-order valence-corrected chi connectivity index (χ1v) is 6.46. The number of ether oxygens (including phenoxy) is 1. The average Bonchev–Trinajstić information content (AvgIpc) is 2.75. The van der Waals surface area contributed by atoms with Gasteiger partial charge < -0.3 is 14.5 Å². The Kier molecular flexibility index (Phi) is 4.83. The van der Waals surface area contributed by atoms with E-state index in [0.717, 1.165) is 30.8 Å². The van der Waals surface area contributed by atoms with Gasteiger partial charge in [-0.25, -0.2) is 0 Å². The Balaban J connectivity index is 1.96. The molecule has 1 aromatic carbocycles. The SMILES string of the molecule is CONCc1ccc(OC2CCN(C)C2)c(Cl)c1. The minimum Gasteiger partial charge on any atom is -0.487 e. The molecule has 1 unspecified atom stereocenters. The molecule has 18 heavy (non-hydrogen) atoms. The van der Waals surface area contributed by atoms with Crippen molar-refractivity contribution in [1.29, 1.82) is 0 Å². The third-order valence-electron chi connectivity index (χ3n) is 3.06. The predicted molar refractivity (Wildman–Crippen MR) is 71.8 cm³/mol. The molecular weight excluding hydrogens is 252 g/mol. The van der Waals surface area contributed by atoms with Crippen LogP contribution in [0.5, 0.6) is 5.75 Å². The van der Waals surface area contributed by atoms with Crippen molar-refractivity contribution in [2.24, 2.45) is 0 Å². The number of likely N-dealkylation sites (tertiary alicyclic amines) is 1. The van der Waals surface area contributed by atoms with Crippen LogP contribution in [0.2, 0.25) is 5.02 Å². The van der Waals surface area contributed by atoms with Crippen LogP contribution in [0.4, 0.5) is 0 Å². The first-order chi connectivity index (χ1) is 8.69. The molecule has 1 fully saturated rings. The molecule has 0 bridgehead atoms. The Morgan fingerprint density at radius 1 is 1.50 bits per heavy atom. The molecule has 1 N–H and O–H groups in total. The first-order valence-electron chi connectivity index (χ1n) is 6.08. The molecule has 1 saturated heterocycles. The van der Waals surface area contributed by atoms with Crippen molar-refractivity contribution in [2.75, 3.05) is 27.2 Å². The van der Waals surface area contributed by atoms with Crippen molar-refractivity contribution in [3.8, 4) is 5.75 Å². The van der Waals surface area contributed by atoms with Gasteiger partial charge in [0.15, 0.2) is 0 Å². The predicted octanol–water partition coefficient (Wildman–Crippen LogP) is 2.07. The summed E-state index contributed by atoms with van der Waals surface area (Å²) in [6, 6.07) is 5.82. The molecule has 5 heteroatoms. The Morgan fingerprint density at radius 2 is 2.33 bits per heavy atom. The minimum absolute atomic E-state index is 0.246. The Bertz CT molecular complexity index is 401. The first kappa shape index (κ1) is 13.6. The lowest BCUT2D eigenvalue weighted by molar-refractivity contribution is 0.0867. The normalized spacial score (nSPS) is 20.3. The van der Waals surface area contributed by atoms with Crippen molar-refractivity contribution in [3.63, 3.8) is 0 Å². The Labute approximate surface area is 113 Å². The Morgan fingerprint density at radius 3 is 2.94 bits per heavy atom. The summed E-state index contributed by atoms with van der Waals surface area (Å²) in [6.45, 7) is 2.67. The van der Waals surface area contributed by atoms with Gasteiger partial charge in [-0.1, -0.05) is 17.7 Å². The van der Waals surface area contributed by atoms with Gasteiger partial charge in [-0.15, -0.1) is 0 Å². The average molecular weight is 271 g/mol. The fourth-order valence-corrected chi connectivity index (χ4v) is 2.32. The van der Waals surface area contributed by atoms with Crippen LogP contribution in [0.25, 0.3) is 0 Å². The molecular formula is C13H19ClN2O2. The molecule has 0 radical (unpaired) electrons. The summed E-state index contributed by atoms with van der Waals surface area (Å²) in [5.41, 5.74) is 3.85. The maximum absolute atomic E-state index is 6.22. The van der Waals surface area contributed by atoms with Crippen molar-refractivity contribution in [2.45, 2.75) is 19.1 Å². The molecule has 1 aliphatic heterocycles. The van der Waals surface area contributed by atoms with Crippen LogP contribution < -0.4 is 10.2 Å². The number of nitrogens with zero attached hydrogens (tertiary/aromatic N) is 1. The fraction of sp³-hybridized carbons (Fsp3) is 0.538. The van der Waals surface area contributed by atoms with Gasteiger partial charge in [-0.3, -0.25) is 0 Å². The highest BCUT2D eigenvalue weighted by molar-refractivity contribution is 6.32. The molecule has 0 aromatic heterocycles. The van der Waals surface area contributed by atoms with Gasteiger partial charge in [0.2, 0.25) is 0 Å². The zero-order valence-electron chi connectivity index (χ0n) is 10.8. The summed E-state index contributed by atoms with van der Waals surface area (Å²) in [5, 5.41) is 0.653. The molecule has 4 nitrogen and oxygen atoms in total. The number of rotatable bonds is 5. The summed E-state index contributed by atoms with van der Waals surface area (Å²) in [7, 11) is 3.69. The molecule has 0 aliphatic carbocycles. The van der Waals surface area contributed by atoms with E-state index in [4.69, 9.17) is 21.2 Å². The second-order valence-corrected chi connectivity index (χ2v) is 4.99. The van der Waals surface area contributed by atoms with Gasteiger partial charge in [0.1, 0.15) is 11.9 Å². The monoisotopic (exact) mass is 270 g/mol. The van der Waals surface area contributed by atoms with Gasteiger partial charge in [-0.05, 0) is 31.2 Å². The standard InChI is InChI=1S/C13H19ClN2O2/c1-16-6-5-11(9-16)18-13-4-3-10(7-12(13)14)8-15-17-2/h3-4,7,11,15H,5-6,8-9H2,1-2H3. The van der Waals surface area contributed by atoms with Crippen molar-refractivity contribution in [1.82, 2.24) is 10.4 Å². The number of hydrogen-bond donors (Lipinski definition) is 1. The van der Waals surface area contributed by atoms with E-state index in [2.05, 4.69) is 17.4 Å². The lowest BCUT2D eigenvalue weighted by atomic mass is 10.2. The quantitative estimate of drug-likeness (QED) is 0.831. The summed E-state index contributed by atoms with van der Waals surface area (Å²) >= 11 is 6.22. The maximum Gasteiger partial charge on any atom is 0.138 e. The Hall–Kier alpha value is -0.810. The zero-order valence-corrected chi connectivity index (χ0v) is 11.5. The van der Waals surface area contributed by atoms with Crippen LogP contribution in [0, 0.1) is 0 Å². The molecule has 2 rings (SSSR count). The number of nitrogens with one attached hydrogen (secondary N) is 1. The molecule has 0 spiro atoms. The second kappa shape index (κ2) is 6.38. The highest BCUT2D eigenvalue weighted by Crippen LogP contribution is 2.28. The number of hydroxylamine groups is 1. The maximum atomic E-state index is 6.22. The highest BCUT2D eigenvalue weighted by Gasteiger charge is 2.21. The van der Waals surface area contributed by atoms with E-state index >= 15 is 0 Å². The topological polar surface area (TPSA) is 33.7 Å². The molecule has 1 heterocycles. The van der Waals surface area contributed by atoms with E-state index in [1.807, 2.05) is 18.2 Å². The van der Waals surface area contributed by atoms with Crippen molar-refractivity contribution >= 4 is 11.6 Å². The van der Waals surface area contributed by atoms with Crippen molar-refractivity contribution < 1.29 is 9.57 Å². The summed E-state index contributed by atoms with van der Waals surface area (Å²) in [4.78, 5) is 7.06. The highest BCUT2D eigenvalue weighted by atomic mass is 35.5. The molecule has 1 atom stereocenters. The van der Waals surface area contributed by atoms with Crippen LogP contribution in [-0.2, 0) is 11.4 Å². The summed E-state index contributed by atoms with van der Waals surface area (Å²) in [5.74, 6) is 0.762. The minimum atomic E-state index is 0.246. The number of hydrogen-bond acceptors (Lipinski definition) is 4. The second-order valence-electron chi connectivity index (χ2n) is 4.58. The lowest BCUT2D eigenvalue weighted by Crippen LogP contribution is -2.21. The van der Waals surface area contributed by atoms with E-state index in [-0.39, 0.29) is 6.10 Å². The smallest absolute Gasteiger partial charge is 0.138 e. The summed E-state index contributed by atoms with van der Waals surface area (Å²) < 4.78 is 5.91. The van der Waals surface area contributed by atoms with E-state index in [0.29, 0.717) is 11.6 Å². The van der Waals surface area contributed by atoms with E-state index in [1.54, 1.807) is 7.11 Å². The molecule has 100 valence electrons. The molecule has 1 aliphatic rings. The van der Waals surface area contributed by atoms with E-state index < -0.39 is 0 Å². The van der Waals surface area contributed by atoms with Crippen LogP contribution >= 0.6 is 11.6 Å². The zero-order chi connectivity index (χ0) is 13.0. The van der Waals surface area contributed by atoms with Crippen LogP contribution in [-0.4, -0.2) is 38.3 Å². The van der Waals surface area contributed by atoms with Gasteiger partial charge in [0.05, 0.1) is 12.1 Å². The summed E-state index contributed by atoms with van der Waals surface area (Å²) in [6.07, 6.45) is 1.30. The lowest BCUT2D eigenvalue weighted by Gasteiger charge is -2.15.